The summed E-state index contributed by atoms with van der Waals surface area (Å²) < 4.78 is 7.59. The first-order valence-electron chi connectivity index (χ1n) is 13.8. The minimum absolute atomic E-state index is 0.0387. The molecule has 0 fully saturated rings. The van der Waals surface area contributed by atoms with E-state index in [2.05, 4.69) is 28.9 Å². The van der Waals surface area contributed by atoms with Gasteiger partial charge < -0.3 is 14.6 Å². The van der Waals surface area contributed by atoms with Crippen LogP contribution in [0, 0.1) is 0 Å². The molecule has 1 atom stereocenters. The summed E-state index contributed by atoms with van der Waals surface area (Å²) in [4.78, 5) is 52.6. The third-order valence-electron chi connectivity index (χ3n) is 7.65. The SMILES string of the molecule is CCn1c2ccccc2c2cc(NC(=O)C(C)OC(=O)CCCN3C(=O)c4cccc5cccc(c45)C3=O)ccc21. The van der Waals surface area contributed by atoms with E-state index in [1.807, 2.05) is 42.5 Å². The van der Waals surface area contributed by atoms with Crippen molar-refractivity contribution in [1.29, 1.82) is 0 Å². The van der Waals surface area contributed by atoms with Gasteiger partial charge in [-0.2, -0.15) is 0 Å². The Labute approximate surface area is 236 Å². The molecule has 5 aromatic rings. The highest BCUT2D eigenvalue weighted by atomic mass is 16.5. The summed E-state index contributed by atoms with van der Waals surface area (Å²) in [6, 6.07) is 24.6. The Morgan fingerprint density at radius 2 is 1.54 bits per heavy atom. The highest BCUT2D eigenvalue weighted by Gasteiger charge is 2.32. The van der Waals surface area contributed by atoms with Crippen LogP contribution in [0.15, 0.2) is 78.9 Å². The molecule has 8 nitrogen and oxygen atoms in total. The van der Waals surface area contributed by atoms with E-state index in [-0.39, 0.29) is 31.2 Å². The summed E-state index contributed by atoms with van der Waals surface area (Å²) in [6.45, 7) is 4.51. The third kappa shape index (κ3) is 4.61. The van der Waals surface area contributed by atoms with Crippen LogP contribution in [-0.2, 0) is 20.9 Å². The number of aromatic nitrogens is 1. The van der Waals surface area contributed by atoms with Gasteiger partial charge in [-0.1, -0.05) is 42.5 Å². The quantitative estimate of drug-likeness (QED) is 0.192. The first kappa shape index (κ1) is 26.3. The van der Waals surface area contributed by atoms with Crippen molar-refractivity contribution in [2.75, 3.05) is 11.9 Å². The molecule has 206 valence electrons. The average Bonchev–Trinajstić information content (AvgIpc) is 3.30. The second kappa shape index (κ2) is 10.5. The van der Waals surface area contributed by atoms with Crippen LogP contribution >= 0.6 is 0 Å². The molecule has 1 aromatic heterocycles. The first-order chi connectivity index (χ1) is 19.9. The van der Waals surface area contributed by atoms with E-state index in [1.54, 1.807) is 24.3 Å². The molecule has 1 aliphatic rings. The molecule has 0 bridgehead atoms. The minimum Gasteiger partial charge on any atom is -0.453 e. The number of hydrogen-bond acceptors (Lipinski definition) is 5. The van der Waals surface area contributed by atoms with Gasteiger partial charge in [0, 0.05) is 63.5 Å². The monoisotopic (exact) mass is 547 g/mol. The molecule has 0 aliphatic carbocycles. The zero-order chi connectivity index (χ0) is 28.7. The van der Waals surface area contributed by atoms with Crippen LogP contribution in [0.4, 0.5) is 5.69 Å². The summed E-state index contributed by atoms with van der Waals surface area (Å²) in [5.74, 6) is -1.77. The van der Waals surface area contributed by atoms with Gasteiger partial charge in [0.25, 0.3) is 17.7 Å². The Balaban J connectivity index is 1.06. The normalized spacial score (nSPS) is 13.7. The second-order valence-corrected chi connectivity index (χ2v) is 10.2. The van der Waals surface area contributed by atoms with E-state index in [1.165, 1.54) is 11.8 Å². The van der Waals surface area contributed by atoms with Gasteiger partial charge in [0.05, 0.1) is 0 Å². The number of anilines is 1. The predicted molar refractivity (Wildman–Crippen MR) is 158 cm³/mol. The van der Waals surface area contributed by atoms with Crippen molar-refractivity contribution in [3.05, 3.63) is 90.0 Å². The Hall–Kier alpha value is -4.98. The number of aryl methyl sites for hydroxylation is 1. The lowest BCUT2D eigenvalue weighted by Crippen LogP contribution is -2.41. The van der Waals surface area contributed by atoms with E-state index in [0.29, 0.717) is 22.2 Å². The number of amides is 3. The number of rotatable bonds is 8. The zero-order valence-corrected chi connectivity index (χ0v) is 22.8. The van der Waals surface area contributed by atoms with Crippen LogP contribution in [0.2, 0.25) is 0 Å². The molecular weight excluding hydrogens is 518 g/mol. The molecule has 0 radical (unpaired) electrons. The van der Waals surface area contributed by atoms with Gasteiger partial charge in [-0.3, -0.25) is 24.1 Å². The Morgan fingerprint density at radius 3 is 2.24 bits per heavy atom. The van der Waals surface area contributed by atoms with Gasteiger partial charge in [0.2, 0.25) is 0 Å². The Bertz CT molecular complexity index is 1820. The highest BCUT2D eigenvalue weighted by Crippen LogP contribution is 2.32. The van der Waals surface area contributed by atoms with Crippen LogP contribution in [0.25, 0.3) is 32.6 Å². The summed E-state index contributed by atoms with van der Waals surface area (Å²) in [5.41, 5.74) is 3.77. The number of para-hydroxylation sites is 1. The fraction of sp³-hybridized carbons (Fsp3) is 0.212. The molecular formula is C33H29N3O5. The summed E-state index contributed by atoms with van der Waals surface area (Å²) in [5, 5.41) is 6.48. The highest BCUT2D eigenvalue weighted by molar-refractivity contribution is 6.25. The number of carbonyl (C=O) groups is 4. The summed E-state index contributed by atoms with van der Waals surface area (Å²) in [6.07, 6.45) is -0.831. The molecule has 1 unspecified atom stereocenters. The van der Waals surface area contributed by atoms with Crippen LogP contribution in [0.3, 0.4) is 0 Å². The topological polar surface area (TPSA) is 97.7 Å². The minimum atomic E-state index is -1.02. The van der Waals surface area contributed by atoms with E-state index in [9.17, 15) is 19.2 Å². The molecule has 0 saturated heterocycles. The van der Waals surface area contributed by atoms with Gasteiger partial charge in [0.1, 0.15) is 0 Å². The maximum Gasteiger partial charge on any atom is 0.306 e. The van der Waals surface area contributed by atoms with E-state index in [4.69, 9.17) is 4.74 Å². The standard InChI is InChI=1S/C33H29N3O5/c1-3-35-27-14-5-4-11-23(27)26-19-22(16-17-28(26)35)34-31(38)20(2)41-29(37)15-8-18-36-32(39)24-12-6-9-21-10-7-13-25(30(21)24)33(36)40/h4-7,9-14,16-17,19-20H,3,8,15,18H2,1-2H3,(H,34,38). The number of nitrogens with one attached hydrogen (secondary N) is 1. The van der Waals surface area contributed by atoms with Gasteiger partial charge in [0.15, 0.2) is 6.10 Å². The molecule has 3 amide bonds. The van der Waals surface area contributed by atoms with Crippen LogP contribution < -0.4 is 5.32 Å². The van der Waals surface area contributed by atoms with Crippen LogP contribution in [-0.4, -0.2) is 45.8 Å². The molecule has 2 heterocycles. The fourth-order valence-corrected chi connectivity index (χ4v) is 5.69. The lowest BCUT2D eigenvalue weighted by atomic mass is 9.94. The van der Waals surface area contributed by atoms with Crippen molar-refractivity contribution in [3.63, 3.8) is 0 Å². The van der Waals surface area contributed by atoms with Gasteiger partial charge >= 0.3 is 5.97 Å². The molecule has 6 rings (SSSR count). The van der Waals surface area contributed by atoms with Crippen molar-refractivity contribution in [3.8, 4) is 0 Å². The first-order valence-corrected chi connectivity index (χ1v) is 13.8. The van der Waals surface area contributed by atoms with Crippen molar-refractivity contribution in [2.45, 2.75) is 39.3 Å². The van der Waals surface area contributed by atoms with E-state index < -0.39 is 18.0 Å². The number of nitrogens with zero attached hydrogens (tertiary/aromatic N) is 2. The maximum absolute atomic E-state index is 13.0. The lowest BCUT2D eigenvalue weighted by Gasteiger charge is -2.27. The Kier molecular flexibility index (Phi) is 6.75. The van der Waals surface area contributed by atoms with Gasteiger partial charge in [-0.15, -0.1) is 0 Å². The molecule has 0 spiro atoms. The van der Waals surface area contributed by atoms with Crippen LogP contribution in [0.5, 0.6) is 0 Å². The molecule has 8 heteroatoms. The molecule has 41 heavy (non-hydrogen) atoms. The molecule has 1 N–H and O–H groups in total. The van der Waals surface area contributed by atoms with Gasteiger partial charge in [-0.25, -0.2) is 0 Å². The third-order valence-corrected chi connectivity index (χ3v) is 7.65. The number of fused-ring (bicyclic) bond motifs is 3. The Morgan fingerprint density at radius 1 is 0.854 bits per heavy atom. The fourth-order valence-electron chi connectivity index (χ4n) is 5.69. The van der Waals surface area contributed by atoms with Gasteiger partial charge in [-0.05, 0) is 62.1 Å². The number of benzene rings is 4. The maximum atomic E-state index is 13.0. The number of carbonyl (C=O) groups excluding carboxylic acids is 4. The smallest absolute Gasteiger partial charge is 0.306 e. The number of esters is 1. The van der Waals surface area contributed by atoms with Crippen molar-refractivity contribution < 1.29 is 23.9 Å². The molecule has 0 saturated carbocycles. The van der Waals surface area contributed by atoms with Crippen molar-refractivity contribution in [1.82, 2.24) is 9.47 Å². The average molecular weight is 548 g/mol. The zero-order valence-electron chi connectivity index (χ0n) is 22.8. The number of imide groups is 1. The summed E-state index contributed by atoms with van der Waals surface area (Å²) >= 11 is 0. The number of ether oxygens (including phenoxy) is 1. The van der Waals surface area contributed by atoms with Crippen molar-refractivity contribution >= 4 is 62.0 Å². The molecule has 4 aromatic carbocycles. The second-order valence-electron chi connectivity index (χ2n) is 10.2. The lowest BCUT2D eigenvalue weighted by molar-refractivity contribution is -0.153. The number of hydrogen-bond donors (Lipinski definition) is 1. The van der Waals surface area contributed by atoms with E-state index in [0.717, 1.165) is 33.7 Å². The predicted octanol–water partition coefficient (Wildman–Crippen LogP) is 5.91. The molecule has 1 aliphatic heterocycles. The summed E-state index contributed by atoms with van der Waals surface area (Å²) in [7, 11) is 0. The largest absolute Gasteiger partial charge is 0.453 e. The van der Waals surface area contributed by atoms with Crippen LogP contribution in [0.1, 0.15) is 47.4 Å². The van der Waals surface area contributed by atoms with Crippen molar-refractivity contribution in [2.24, 2.45) is 0 Å². The van der Waals surface area contributed by atoms with E-state index >= 15 is 0 Å².